The maximum atomic E-state index is 11.6. The summed E-state index contributed by atoms with van der Waals surface area (Å²) in [6.07, 6.45) is 0. The minimum absolute atomic E-state index is 0.130. The van der Waals surface area contributed by atoms with Crippen molar-refractivity contribution in [1.82, 2.24) is 10.2 Å². The molecule has 112 valence electrons. The molecule has 0 saturated carbocycles. The Morgan fingerprint density at radius 1 is 1.24 bits per heavy atom. The van der Waals surface area contributed by atoms with Crippen molar-refractivity contribution >= 4 is 33.0 Å². The number of thiophene rings is 1. The predicted octanol–water partition coefficient (Wildman–Crippen LogP) is 2.16. The highest BCUT2D eigenvalue weighted by Crippen LogP contribution is 2.30. The number of carbonyl (C=O) groups excluding carboxylic acids is 1. The van der Waals surface area contributed by atoms with Gasteiger partial charge in [-0.05, 0) is 30.5 Å². The molecule has 1 fully saturated rings. The van der Waals surface area contributed by atoms with Gasteiger partial charge in [-0.25, -0.2) is 0 Å². The summed E-state index contributed by atoms with van der Waals surface area (Å²) in [6, 6.07) is 8.72. The second kappa shape index (κ2) is 6.45. The summed E-state index contributed by atoms with van der Waals surface area (Å²) >= 11 is 1.79. The van der Waals surface area contributed by atoms with Crippen molar-refractivity contribution in [3.63, 3.8) is 0 Å². The van der Waals surface area contributed by atoms with Crippen molar-refractivity contribution in [3.05, 3.63) is 29.6 Å². The minimum atomic E-state index is 0.130. The van der Waals surface area contributed by atoms with Crippen molar-refractivity contribution in [2.24, 2.45) is 0 Å². The Morgan fingerprint density at radius 3 is 2.81 bits per heavy atom. The highest BCUT2D eigenvalue weighted by Gasteiger charge is 2.20. The van der Waals surface area contributed by atoms with Gasteiger partial charge in [-0.3, -0.25) is 9.69 Å². The van der Waals surface area contributed by atoms with Crippen molar-refractivity contribution in [3.8, 4) is 0 Å². The second-order valence-electron chi connectivity index (χ2n) is 5.33. The van der Waals surface area contributed by atoms with E-state index in [0.717, 1.165) is 26.2 Å². The fourth-order valence-corrected chi connectivity index (χ4v) is 3.66. The number of anilines is 1. The number of amides is 1. The lowest BCUT2D eigenvalue weighted by Crippen LogP contribution is -2.49. The van der Waals surface area contributed by atoms with E-state index in [1.165, 1.54) is 15.8 Å². The number of piperazine rings is 1. The summed E-state index contributed by atoms with van der Waals surface area (Å²) in [6.45, 7) is 7.03. The summed E-state index contributed by atoms with van der Waals surface area (Å²) in [5, 5.41) is 6.36. The van der Waals surface area contributed by atoms with Crippen LogP contribution >= 0.6 is 11.3 Å². The van der Waals surface area contributed by atoms with Gasteiger partial charge < -0.3 is 10.2 Å². The van der Waals surface area contributed by atoms with Crippen LogP contribution in [-0.4, -0.2) is 50.1 Å². The molecule has 0 aliphatic carbocycles. The molecule has 1 amide bonds. The average molecular weight is 303 g/mol. The lowest BCUT2D eigenvalue weighted by Gasteiger charge is -2.36. The van der Waals surface area contributed by atoms with E-state index in [1.54, 1.807) is 11.3 Å². The van der Waals surface area contributed by atoms with E-state index in [1.807, 2.05) is 6.92 Å². The highest BCUT2D eigenvalue weighted by atomic mass is 32.1. The molecule has 4 nitrogen and oxygen atoms in total. The van der Waals surface area contributed by atoms with Crippen molar-refractivity contribution in [2.75, 3.05) is 44.2 Å². The normalized spacial score (nSPS) is 16.3. The molecule has 5 heteroatoms. The van der Waals surface area contributed by atoms with Crippen LogP contribution in [0, 0.1) is 0 Å². The molecule has 2 aromatic rings. The number of hydrogen-bond acceptors (Lipinski definition) is 4. The molecule has 1 saturated heterocycles. The molecule has 1 aromatic carbocycles. The third-order valence-electron chi connectivity index (χ3n) is 3.93. The topological polar surface area (TPSA) is 35.6 Å². The van der Waals surface area contributed by atoms with Gasteiger partial charge in [0, 0.05) is 48.5 Å². The van der Waals surface area contributed by atoms with E-state index in [0.29, 0.717) is 13.1 Å². The standard InChI is InChI=1S/C16H21N3OS/c1-2-17-16(20)12-18-7-9-19(10-8-18)14-4-3-5-15-13(14)6-11-21-15/h3-6,11H,2,7-10,12H2,1H3,(H,17,20). The number of hydrogen-bond donors (Lipinski definition) is 1. The summed E-state index contributed by atoms with van der Waals surface area (Å²) in [7, 11) is 0. The third kappa shape index (κ3) is 3.19. The third-order valence-corrected chi connectivity index (χ3v) is 4.81. The number of rotatable bonds is 4. The van der Waals surface area contributed by atoms with Crippen LogP contribution in [0.2, 0.25) is 0 Å². The number of nitrogens with one attached hydrogen (secondary N) is 1. The Bertz CT molecular complexity index is 617. The molecule has 0 bridgehead atoms. The fourth-order valence-electron chi connectivity index (χ4n) is 2.86. The Labute approximate surface area is 129 Å². The Kier molecular flexibility index (Phi) is 4.41. The molecule has 3 rings (SSSR count). The molecule has 0 radical (unpaired) electrons. The van der Waals surface area contributed by atoms with Gasteiger partial charge >= 0.3 is 0 Å². The van der Waals surface area contributed by atoms with Crippen LogP contribution in [0.4, 0.5) is 5.69 Å². The molecule has 1 aliphatic heterocycles. The first-order valence-corrected chi connectivity index (χ1v) is 8.36. The van der Waals surface area contributed by atoms with Gasteiger partial charge in [0.1, 0.15) is 0 Å². The van der Waals surface area contributed by atoms with E-state index in [-0.39, 0.29) is 5.91 Å². The van der Waals surface area contributed by atoms with Crippen molar-refractivity contribution in [1.29, 1.82) is 0 Å². The Balaban J connectivity index is 1.63. The zero-order chi connectivity index (χ0) is 14.7. The molecule has 0 atom stereocenters. The first-order valence-electron chi connectivity index (χ1n) is 7.48. The summed E-state index contributed by atoms with van der Waals surface area (Å²) in [4.78, 5) is 16.3. The Hall–Kier alpha value is -1.59. The zero-order valence-corrected chi connectivity index (χ0v) is 13.2. The average Bonchev–Trinajstić information content (AvgIpc) is 2.97. The molecule has 1 N–H and O–H groups in total. The van der Waals surface area contributed by atoms with Crippen LogP contribution in [0.25, 0.3) is 10.1 Å². The fraction of sp³-hybridized carbons (Fsp3) is 0.438. The minimum Gasteiger partial charge on any atom is -0.368 e. The molecule has 0 spiro atoms. The second-order valence-corrected chi connectivity index (χ2v) is 6.27. The van der Waals surface area contributed by atoms with Gasteiger partial charge in [-0.2, -0.15) is 0 Å². The molecule has 2 heterocycles. The monoisotopic (exact) mass is 303 g/mol. The maximum Gasteiger partial charge on any atom is 0.234 e. The van der Waals surface area contributed by atoms with E-state index in [2.05, 4.69) is 44.8 Å². The van der Waals surface area contributed by atoms with Crippen LogP contribution in [0.5, 0.6) is 0 Å². The van der Waals surface area contributed by atoms with E-state index >= 15 is 0 Å². The van der Waals surface area contributed by atoms with E-state index in [4.69, 9.17) is 0 Å². The van der Waals surface area contributed by atoms with Gasteiger partial charge in [0.15, 0.2) is 0 Å². The summed E-state index contributed by atoms with van der Waals surface area (Å²) < 4.78 is 1.34. The van der Waals surface area contributed by atoms with Gasteiger partial charge in [-0.15, -0.1) is 11.3 Å². The highest BCUT2D eigenvalue weighted by molar-refractivity contribution is 7.17. The van der Waals surface area contributed by atoms with Gasteiger partial charge in [0.25, 0.3) is 0 Å². The van der Waals surface area contributed by atoms with Crippen LogP contribution in [0.3, 0.4) is 0 Å². The quantitative estimate of drug-likeness (QED) is 0.940. The first-order chi connectivity index (χ1) is 10.3. The van der Waals surface area contributed by atoms with E-state index in [9.17, 15) is 4.79 Å². The van der Waals surface area contributed by atoms with Gasteiger partial charge in [-0.1, -0.05) is 6.07 Å². The number of likely N-dealkylation sites (N-methyl/N-ethyl adjacent to an activating group) is 1. The van der Waals surface area contributed by atoms with Crippen molar-refractivity contribution < 1.29 is 4.79 Å². The SMILES string of the molecule is CCNC(=O)CN1CCN(c2cccc3sccc23)CC1. The van der Waals surface area contributed by atoms with Crippen LogP contribution in [0.15, 0.2) is 29.6 Å². The zero-order valence-electron chi connectivity index (χ0n) is 12.3. The lowest BCUT2D eigenvalue weighted by molar-refractivity contribution is -0.122. The Morgan fingerprint density at radius 2 is 2.05 bits per heavy atom. The predicted molar refractivity (Wildman–Crippen MR) is 89.2 cm³/mol. The molecule has 21 heavy (non-hydrogen) atoms. The largest absolute Gasteiger partial charge is 0.368 e. The van der Waals surface area contributed by atoms with Crippen molar-refractivity contribution in [2.45, 2.75) is 6.92 Å². The lowest BCUT2D eigenvalue weighted by atomic mass is 10.2. The number of carbonyl (C=O) groups is 1. The smallest absolute Gasteiger partial charge is 0.234 e. The first kappa shape index (κ1) is 14.4. The molecular weight excluding hydrogens is 282 g/mol. The summed E-state index contributed by atoms with van der Waals surface area (Å²) in [5.74, 6) is 0.130. The van der Waals surface area contributed by atoms with Crippen LogP contribution in [0.1, 0.15) is 6.92 Å². The van der Waals surface area contributed by atoms with E-state index < -0.39 is 0 Å². The molecule has 1 aromatic heterocycles. The van der Waals surface area contributed by atoms with Gasteiger partial charge in [0.2, 0.25) is 5.91 Å². The number of nitrogens with zero attached hydrogens (tertiary/aromatic N) is 2. The molecule has 0 unspecified atom stereocenters. The molecular formula is C16H21N3OS. The summed E-state index contributed by atoms with van der Waals surface area (Å²) in [5.41, 5.74) is 1.33. The van der Waals surface area contributed by atoms with Crippen LogP contribution in [-0.2, 0) is 4.79 Å². The van der Waals surface area contributed by atoms with Gasteiger partial charge in [0.05, 0.1) is 6.54 Å². The number of fused-ring (bicyclic) bond motifs is 1. The number of benzene rings is 1. The van der Waals surface area contributed by atoms with Crippen LogP contribution < -0.4 is 10.2 Å². The maximum absolute atomic E-state index is 11.6. The molecule has 1 aliphatic rings.